The monoisotopic (exact) mass is 349 g/mol. The minimum atomic E-state index is -3.91. The van der Waals surface area contributed by atoms with E-state index in [2.05, 4.69) is 0 Å². The lowest BCUT2D eigenvalue weighted by Gasteiger charge is -2.07. The fourth-order valence-corrected chi connectivity index (χ4v) is 3.02. The smallest absolute Gasteiger partial charge is 0.265 e. The van der Waals surface area contributed by atoms with Gasteiger partial charge in [0.15, 0.2) is 0 Å². The Morgan fingerprint density at radius 1 is 1.13 bits per heavy atom. The normalized spacial score (nSPS) is 11.6. The van der Waals surface area contributed by atoms with Crippen LogP contribution in [0, 0.1) is 13.8 Å². The summed E-state index contributed by atoms with van der Waals surface area (Å²) >= 11 is 5.96. The van der Waals surface area contributed by atoms with Crippen LogP contribution in [0.15, 0.2) is 47.9 Å². The lowest BCUT2D eigenvalue weighted by Crippen LogP contribution is -2.29. The van der Waals surface area contributed by atoms with Crippen molar-refractivity contribution < 1.29 is 13.2 Å². The number of sulfonamides is 1. The molecule has 0 saturated carbocycles. The predicted molar refractivity (Wildman–Crippen MR) is 92.8 cm³/mol. The van der Waals surface area contributed by atoms with Gasteiger partial charge in [0.25, 0.3) is 15.9 Å². The van der Waals surface area contributed by atoms with Gasteiger partial charge in [-0.3, -0.25) is 4.79 Å². The van der Waals surface area contributed by atoms with Crippen LogP contribution in [0.25, 0.3) is 6.08 Å². The van der Waals surface area contributed by atoms with Gasteiger partial charge in [-0.05, 0) is 43.2 Å². The van der Waals surface area contributed by atoms with Gasteiger partial charge >= 0.3 is 0 Å². The molecule has 2 rings (SSSR count). The van der Waals surface area contributed by atoms with Crippen molar-refractivity contribution in [1.82, 2.24) is 4.72 Å². The zero-order valence-corrected chi connectivity index (χ0v) is 14.3. The Labute approximate surface area is 140 Å². The summed E-state index contributed by atoms with van der Waals surface area (Å²) in [6, 6.07) is 12.0. The molecule has 0 aliphatic heterocycles. The molecule has 23 heavy (non-hydrogen) atoms. The van der Waals surface area contributed by atoms with Gasteiger partial charge in [0.2, 0.25) is 0 Å². The predicted octanol–water partition coefficient (Wildman–Crippen LogP) is 3.69. The Morgan fingerprint density at radius 2 is 1.83 bits per heavy atom. The summed E-state index contributed by atoms with van der Waals surface area (Å²) in [7, 11) is -3.91. The summed E-state index contributed by atoms with van der Waals surface area (Å²) in [5.74, 6) is -0.661. The number of hydrogen-bond acceptors (Lipinski definition) is 3. The van der Waals surface area contributed by atoms with E-state index in [9.17, 15) is 13.2 Å². The highest BCUT2D eigenvalue weighted by molar-refractivity contribution is 7.93. The molecule has 2 aromatic rings. The van der Waals surface area contributed by atoms with E-state index in [1.165, 1.54) is 6.08 Å². The molecule has 6 heteroatoms. The Morgan fingerprint density at radius 3 is 2.48 bits per heavy atom. The largest absolute Gasteiger partial charge is 0.268 e. The van der Waals surface area contributed by atoms with E-state index in [-0.39, 0.29) is 0 Å². The molecule has 0 heterocycles. The molecule has 0 atom stereocenters. The average Bonchev–Trinajstić information content (AvgIpc) is 2.45. The lowest BCUT2D eigenvalue weighted by atomic mass is 10.1. The molecule has 1 N–H and O–H groups in total. The van der Waals surface area contributed by atoms with Crippen molar-refractivity contribution in [2.45, 2.75) is 13.8 Å². The fourth-order valence-electron chi connectivity index (χ4n) is 2.06. The van der Waals surface area contributed by atoms with Crippen LogP contribution >= 0.6 is 11.6 Å². The fraction of sp³-hybridized carbons (Fsp3) is 0.118. The molecular weight excluding hydrogens is 334 g/mol. The summed E-state index contributed by atoms with van der Waals surface area (Å²) in [4.78, 5) is 12.1. The third kappa shape index (κ3) is 4.68. The number of carbonyl (C=O) groups excluding carboxylic acids is 1. The first-order chi connectivity index (χ1) is 10.8. The van der Waals surface area contributed by atoms with Gasteiger partial charge in [0.1, 0.15) is 0 Å². The Kier molecular flexibility index (Phi) is 5.23. The van der Waals surface area contributed by atoms with Gasteiger partial charge in [-0.25, -0.2) is 13.1 Å². The third-order valence-corrected chi connectivity index (χ3v) is 4.50. The second kappa shape index (κ2) is 6.98. The second-order valence-electron chi connectivity index (χ2n) is 5.12. The summed E-state index contributed by atoms with van der Waals surface area (Å²) in [6.07, 6.45) is 1.35. The Bertz CT molecular complexity index is 873. The highest BCUT2D eigenvalue weighted by Gasteiger charge is 2.15. The zero-order valence-electron chi connectivity index (χ0n) is 12.7. The minimum Gasteiger partial charge on any atom is -0.268 e. The first-order valence-corrected chi connectivity index (χ1v) is 8.78. The summed E-state index contributed by atoms with van der Waals surface area (Å²) in [5, 5.41) is 1.36. The molecule has 0 fully saturated rings. The first kappa shape index (κ1) is 17.2. The summed E-state index contributed by atoms with van der Waals surface area (Å²) in [6.45, 7) is 3.66. The van der Waals surface area contributed by atoms with E-state index in [0.717, 1.165) is 11.0 Å². The molecule has 0 saturated heterocycles. The van der Waals surface area contributed by atoms with Gasteiger partial charge < -0.3 is 0 Å². The van der Waals surface area contributed by atoms with Crippen LogP contribution in [0.5, 0.6) is 0 Å². The molecule has 4 nitrogen and oxygen atoms in total. The van der Waals surface area contributed by atoms with Gasteiger partial charge in [-0.2, -0.15) is 0 Å². The molecular formula is C17H16ClNO3S. The third-order valence-electron chi connectivity index (χ3n) is 3.19. The van der Waals surface area contributed by atoms with Crippen LogP contribution in [-0.2, 0) is 10.0 Å². The van der Waals surface area contributed by atoms with Gasteiger partial charge in [-0.1, -0.05) is 47.5 Å². The molecule has 120 valence electrons. The highest BCUT2D eigenvalue weighted by Crippen LogP contribution is 2.17. The van der Waals surface area contributed by atoms with Crippen molar-refractivity contribution in [3.05, 3.63) is 75.1 Å². The van der Waals surface area contributed by atoms with Crippen molar-refractivity contribution in [2.75, 3.05) is 0 Å². The lowest BCUT2D eigenvalue weighted by molar-refractivity contribution is 0.0981. The van der Waals surface area contributed by atoms with E-state index in [4.69, 9.17) is 11.6 Å². The van der Waals surface area contributed by atoms with Crippen LogP contribution in [0.3, 0.4) is 0 Å². The van der Waals surface area contributed by atoms with E-state index >= 15 is 0 Å². The topological polar surface area (TPSA) is 63.2 Å². The van der Waals surface area contributed by atoms with E-state index in [1.54, 1.807) is 43.3 Å². The SMILES string of the molecule is Cc1ccc(C(=O)NS(=O)(=O)/C=C/c2ccccc2Cl)c(C)c1. The highest BCUT2D eigenvalue weighted by atomic mass is 35.5. The summed E-state index contributed by atoms with van der Waals surface area (Å²) < 4.78 is 26.1. The summed E-state index contributed by atoms with van der Waals surface area (Å²) in [5.41, 5.74) is 2.59. The number of halogens is 1. The number of nitrogens with one attached hydrogen (secondary N) is 1. The number of aryl methyl sites for hydroxylation is 2. The average molecular weight is 350 g/mol. The molecule has 0 radical (unpaired) electrons. The number of amides is 1. The van der Waals surface area contributed by atoms with Gasteiger partial charge in [0, 0.05) is 10.6 Å². The van der Waals surface area contributed by atoms with Crippen molar-refractivity contribution in [1.29, 1.82) is 0 Å². The number of hydrogen-bond donors (Lipinski definition) is 1. The van der Waals surface area contributed by atoms with Crippen molar-refractivity contribution in [3.8, 4) is 0 Å². The van der Waals surface area contributed by atoms with Crippen molar-refractivity contribution in [3.63, 3.8) is 0 Å². The molecule has 0 spiro atoms. The standard InChI is InChI=1S/C17H16ClNO3S/c1-12-7-8-15(13(2)11-12)17(20)19-23(21,22)10-9-14-5-3-4-6-16(14)18/h3-11H,1-2H3,(H,19,20)/b10-9+. The Balaban J connectivity index is 2.18. The van der Waals surface area contributed by atoms with Crippen LogP contribution in [0.1, 0.15) is 27.0 Å². The van der Waals surface area contributed by atoms with Gasteiger partial charge in [-0.15, -0.1) is 0 Å². The van der Waals surface area contributed by atoms with Crippen molar-refractivity contribution >= 4 is 33.6 Å². The molecule has 2 aromatic carbocycles. The molecule has 0 unspecified atom stereocenters. The maximum atomic E-state index is 12.1. The first-order valence-electron chi connectivity index (χ1n) is 6.85. The number of carbonyl (C=O) groups is 1. The quantitative estimate of drug-likeness (QED) is 0.915. The van der Waals surface area contributed by atoms with E-state index in [1.807, 2.05) is 17.7 Å². The molecule has 0 aliphatic rings. The molecule has 0 aliphatic carbocycles. The van der Waals surface area contributed by atoms with E-state index < -0.39 is 15.9 Å². The van der Waals surface area contributed by atoms with Crippen LogP contribution in [0.2, 0.25) is 5.02 Å². The Hall–Kier alpha value is -2.11. The van der Waals surface area contributed by atoms with Crippen LogP contribution < -0.4 is 4.72 Å². The van der Waals surface area contributed by atoms with Crippen LogP contribution in [0.4, 0.5) is 0 Å². The maximum Gasteiger partial charge on any atom is 0.265 e. The van der Waals surface area contributed by atoms with Gasteiger partial charge in [0.05, 0.1) is 5.41 Å². The zero-order chi connectivity index (χ0) is 17.0. The maximum absolute atomic E-state index is 12.1. The molecule has 0 bridgehead atoms. The van der Waals surface area contributed by atoms with E-state index in [0.29, 0.717) is 21.7 Å². The molecule has 1 amide bonds. The minimum absolute atomic E-state index is 0.324. The number of rotatable bonds is 4. The number of benzene rings is 2. The van der Waals surface area contributed by atoms with Crippen molar-refractivity contribution in [2.24, 2.45) is 0 Å². The second-order valence-corrected chi connectivity index (χ2v) is 7.09. The van der Waals surface area contributed by atoms with Crippen LogP contribution in [-0.4, -0.2) is 14.3 Å². The molecule has 0 aromatic heterocycles.